The molecule has 0 aliphatic carbocycles. The summed E-state index contributed by atoms with van der Waals surface area (Å²) in [6.45, 7) is 4.84. The zero-order valence-electron chi connectivity index (χ0n) is 12.1. The molecule has 0 bridgehead atoms. The van der Waals surface area contributed by atoms with E-state index in [1.807, 2.05) is 13.2 Å². The van der Waals surface area contributed by atoms with Crippen LogP contribution in [0, 0.1) is 0 Å². The predicted octanol–water partition coefficient (Wildman–Crippen LogP) is 0.914. The first-order chi connectivity index (χ1) is 9.60. The van der Waals surface area contributed by atoms with Crippen molar-refractivity contribution in [2.45, 2.75) is 31.2 Å². The molecular formula is C12H24N4O2S2. The molecule has 0 spiro atoms. The summed E-state index contributed by atoms with van der Waals surface area (Å²) in [5, 5.41) is 7.24. The van der Waals surface area contributed by atoms with Crippen molar-refractivity contribution in [3.8, 4) is 0 Å². The first-order valence-corrected chi connectivity index (χ1v) is 9.69. The lowest BCUT2D eigenvalue weighted by atomic mass is 10.3. The normalized spacial score (nSPS) is 11.9. The van der Waals surface area contributed by atoms with Crippen LogP contribution in [0.4, 0.5) is 0 Å². The lowest BCUT2D eigenvalue weighted by Crippen LogP contribution is -2.24. The standard InChI is InChI=1S/C12H24N4O2S2/c1-3-13-7-8-16-11-12(10-14-16)20(17,18)15-6-4-5-9-19-2/h10-11,13,15H,3-9H2,1-2H3. The van der Waals surface area contributed by atoms with E-state index in [1.54, 1.807) is 22.6 Å². The van der Waals surface area contributed by atoms with E-state index in [2.05, 4.69) is 15.1 Å². The van der Waals surface area contributed by atoms with Gasteiger partial charge in [-0.2, -0.15) is 16.9 Å². The Morgan fingerprint density at radius 1 is 1.35 bits per heavy atom. The Kier molecular flexibility index (Phi) is 8.20. The smallest absolute Gasteiger partial charge is 0.243 e. The maximum atomic E-state index is 12.0. The Hall–Kier alpha value is -0.570. The second-order valence-corrected chi connectivity index (χ2v) is 7.14. The summed E-state index contributed by atoms with van der Waals surface area (Å²) in [5.41, 5.74) is 0. The molecule has 0 unspecified atom stereocenters. The number of aromatic nitrogens is 2. The van der Waals surface area contributed by atoms with Crippen molar-refractivity contribution in [1.29, 1.82) is 0 Å². The summed E-state index contributed by atoms with van der Waals surface area (Å²) < 4.78 is 28.3. The SMILES string of the molecule is CCNCCn1cc(S(=O)(=O)NCCCCSC)cn1. The largest absolute Gasteiger partial charge is 0.315 e. The van der Waals surface area contributed by atoms with Crippen molar-refractivity contribution in [2.24, 2.45) is 0 Å². The minimum Gasteiger partial charge on any atom is -0.315 e. The van der Waals surface area contributed by atoms with Gasteiger partial charge in [-0.25, -0.2) is 13.1 Å². The van der Waals surface area contributed by atoms with Gasteiger partial charge in [-0.15, -0.1) is 0 Å². The molecule has 1 aromatic rings. The van der Waals surface area contributed by atoms with Crippen molar-refractivity contribution in [1.82, 2.24) is 19.8 Å². The lowest BCUT2D eigenvalue weighted by molar-refractivity contribution is 0.562. The molecule has 1 heterocycles. The summed E-state index contributed by atoms with van der Waals surface area (Å²) in [4.78, 5) is 0.235. The van der Waals surface area contributed by atoms with E-state index in [1.165, 1.54) is 6.20 Å². The number of thioether (sulfide) groups is 1. The molecule has 0 aromatic carbocycles. The van der Waals surface area contributed by atoms with Crippen LogP contribution in [0.15, 0.2) is 17.3 Å². The van der Waals surface area contributed by atoms with Crippen LogP contribution in [-0.2, 0) is 16.6 Å². The monoisotopic (exact) mass is 320 g/mol. The van der Waals surface area contributed by atoms with Crippen LogP contribution in [0.2, 0.25) is 0 Å². The van der Waals surface area contributed by atoms with Gasteiger partial charge in [0.05, 0.1) is 12.7 Å². The van der Waals surface area contributed by atoms with Gasteiger partial charge in [0.2, 0.25) is 10.0 Å². The number of nitrogens with zero attached hydrogens (tertiary/aromatic N) is 2. The highest BCUT2D eigenvalue weighted by atomic mass is 32.2. The van der Waals surface area contributed by atoms with Crippen LogP contribution in [0.25, 0.3) is 0 Å². The van der Waals surface area contributed by atoms with E-state index in [0.29, 0.717) is 13.1 Å². The number of rotatable bonds is 11. The second kappa shape index (κ2) is 9.38. The molecule has 6 nitrogen and oxygen atoms in total. The molecule has 116 valence electrons. The van der Waals surface area contributed by atoms with Gasteiger partial charge < -0.3 is 5.32 Å². The molecule has 2 N–H and O–H groups in total. The number of unbranched alkanes of at least 4 members (excludes halogenated alkanes) is 1. The van der Waals surface area contributed by atoms with Gasteiger partial charge in [0.15, 0.2) is 0 Å². The fraction of sp³-hybridized carbons (Fsp3) is 0.750. The van der Waals surface area contributed by atoms with E-state index in [9.17, 15) is 8.42 Å². The molecule has 0 aliphatic heterocycles. The lowest BCUT2D eigenvalue weighted by Gasteiger charge is -2.04. The van der Waals surface area contributed by atoms with E-state index in [-0.39, 0.29) is 4.90 Å². The topological polar surface area (TPSA) is 76.0 Å². The molecule has 0 atom stereocenters. The van der Waals surface area contributed by atoms with Gasteiger partial charge in [-0.1, -0.05) is 6.92 Å². The Morgan fingerprint density at radius 3 is 2.85 bits per heavy atom. The maximum Gasteiger partial charge on any atom is 0.243 e. The Bertz CT molecular complexity index is 474. The van der Waals surface area contributed by atoms with Crippen molar-refractivity contribution in [2.75, 3.05) is 31.6 Å². The number of hydrogen-bond donors (Lipinski definition) is 2. The van der Waals surface area contributed by atoms with Crippen molar-refractivity contribution < 1.29 is 8.42 Å². The number of nitrogens with one attached hydrogen (secondary N) is 2. The zero-order valence-corrected chi connectivity index (χ0v) is 13.8. The number of hydrogen-bond acceptors (Lipinski definition) is 5. The van der Waals surface area contributed by atoms with Crippen molar-refractivity contribution in [3.63, 3.8) is 0 Å². The summed E-state index contributed by atoms with van der Waals surface area (Å²) in [7, 11) is -3.42. The van der Waals surface area contributed by atoms with E-state index in [4.69, 9.17) is 0 Å². The third kappa shape index (κ3) is 6.25. The quantitative estimate of drug-likeness (QED) is 0.593. The summed E-state index contributed by atoms with van der Waals surface area (Å²) in [5.74, 6) is 1.06. The molecule has 20 heavy (non-hydrogen) atoms. The highest BCUT2D eigenvalue weighted by molar-refractivity contribution is 7.98. The summed E-state index contributed by atoms with van der Waals surface area (Å²) >= 11 is 1.77. The van der Waals surface area contributed by atoms with Gasteiger partial charge in [-0.05, 0) is 31.4 Å². The van der Waals surface area contributed by atoms with Crippen LogP contribution in [0.3, 0.4) is 0 Å². The zero-order chi connectivity index (χ0) is 14.8. The molecule has 0 aliphatic rings. The first-order valence-electron chi connectivity index (χ1n) is 6.82. The van der Waals surface area contributed by atoms with E-state index in [0.717, 1.165) is 31.7 Å². The minimum atomic E-state index is -3.42. The van der Waals surface area contributed by atoms with Crippen LogP contribution in [0.1, 0.15) is 19.8 Å². The third-order valence-corrected chi connectivity index (χ3v) is 4.87. The molecule has 8 heteroatoms. The fourth-order valence-corrected chi connectivity index (χ4v) is 3.16. The molecule has 1 aromatic heterocycles. The van der Waals surface area contributed by atoms with Gasteiger partial charge in [0, 0.05) is 19.3 Å². The van der Waals surface area contributed by atoms with Crippen LogP contribution < -0.4 is 10.0 Å². The van der Waals surface area contributed by atoms with Gasteiger partial charge in [0.25, 0.3) is 0 Å². The first kappa shape index (κ1) is 17.5. The number of likely N-dealkylation sites (N-methyl/N-ethyl adjacent to an activating group) is 1. The average molecular weight is 320 g/mol. The van der Waals surface area contributed by atoms with Crippen LogP contribution >= 0.6 is 11.8 Å². The Morgan fingerprint density at radius 2 is 2.15 bits per heavy atom. The molecule has 0 radical (unpaired) electrons. The van der Waals surface area contributed by atoms with Gasteiger partial charge in [-0.3, -0.25) is 4.68 Å². The maximum absolute atomic E-state index is 12.0. The molecular weight excluding hydrogens is 296 g/mol. The average Bonchev–Trinajstić information content (AvgIpc) is 2.88. The minimum absolute atomic E-state index is 0.235. The van der Waals surface area contributed by atoms with Gasteiger partial charge >= 0.3 is 0 Å². The Labute approximate surface area is 125 Å². The number of sulfonamides is 1. The summed E-state index contributed by atoms with van der Waals surface area (Å²) in [6.07, 6.45) is 6.89. The summed E-state index contributed by atoms with van der Waals surface area (Å²) in [6, 6.07) is 0. The molecule has 0 fully saturated rings. The molecule has 0 saturated heterocycles. The van der Waals surface area contributed by atoms with Crippen LogP contribution in [-0.4, -0.2) is 49.8 Å². The molecule has 0 amide bonds. The highest BCUT2D eigenvalue weighted by Crippen LogP contribution is 2.07. The highest BCUT2D eigenvalue weighted by Gasteiger charge is 2.15. The van der Waals surface area contributed by atoms with E-state index < -0.39 is 10.0 Å². The van der Waals surface area contributed by atoms with Gasteiger partial charge in [0.1, 0.15) is 4.90 Å². The second-order valence-electron chi connectivity index (χ2n) is 4.39. The molecule has 0 saturated carbocycles. The predicted molar refractivity (Wildman–Crippen MR) is 83.6 cm³/mol. The van der Waals surface area contributed by atoms with Crippen molar-refractivity contribution in [3.05, 3.63) is 12.4 Å². The van der Waals surface area contributed by atoms with Crippen LogP contribution in [0.5, 0.6) is 0 Å². The Balaban J connectivity index is 2.42. The van der Waals surface area contributed by atoms with E-state index >= 15 is 0 Å². The third-order valence-electron chi connectivity index (χ3n) is 2.75. The fourth-order valence-electron chi connectivity index (χ4n) is 1.64. The molecule has 1 rings (SSSR count). The van der Waals surface area contributed by atoms with Crippen molar-refractivity contribution >= 4 is 21.8 Å².